The van der Waals surface area contributed by atoms with Crippen molar-refractivity contribution < 1.29 is 23.5 Å². The molecule has 39 heavy (non-hydrogen) atoms. The third-order valence-electron chi connectivity index (χ3n) is 6.84. The molecule has 1 fully saturated rings. The molecule has 12 heteroatoms. The second-order valence-corrected chi connectivity index (χ2v) is 12.2. The predicted octanol–water partition coefficient (Wildman–Crippen LogP) is 3.29. The van der Waals surface area contributed by atoms with E-state index in [9.17, 15) is 18.8 Å². The number of rotatable bonds is 4. The molecule has 2 atom stereocenters. The summed E-state index contributed by atoms with van der Waals surface area (Å²) in [7, 11) is 2.03. The fraction of sp³-hybridized carbons (Fsp3) is 0.481. The third kappa shape index (κ3) is 6.22. The van der Waals surface area contributed by atoms with Crippen LogP contribution in [0, 0.1) is 5.82 Å². The van der Waals surface area contributed by atoms with E-state index in [1.807, 2.05) is 7.05 Å². The minimum absolute atomic E-state index is 0.164. The summed E-state index contributed by atoms with van der Waals surface area (Å²) < 4.78 is 19.2. The molecule has 5 rings (SSSR count). The summed E-state index contributed by atoms with van der Waals surface area (Å²) in [4.78, 5) is 51.7. The molecule has 3 aromatic rings. The zero-order valence-corrected chi connectivity index (χ0v) is 23.3. The topological polar surface area (TPSA) is 120 Å². The van der Waals surface area contributed by atoms with Crippen molar-refractivity contribution >= 4 is 40.1 Å². The van der Waals surface area contributed by atoms with Crippen LogP contribution in [0.25, 0.3) is 10.9 Å². The van der Waals surface area contributed by atoms with Crippen LogP contribution in [0.3, 0.4) is 0 Å². The number of ether oxygens (including phenoxy) is 1. The number of hydrogen-bond acceptors (Lipinski definition) is 7. The Hall–Kier alpha value is -3.51. The number of likely N-dealkylation sites (N-methyl/N-ethyl adjacent to an activating group) is 1. The molecule has 2 aromatic heterocycles. The second-order valence-electron chi connectivity index (χ2n) is 11.2. The van der Waals surface area contributed by atoms with Gasteiger partial charge in [0.05, 0.1) is 17.8 Å². The number of nitrogens with one attached hydrogen (secondary N) is 3. The summed E-state index contributed by atoms with van der Waals surface area (Å²) in [6.07, 6.45) is 0.722. The van der Waals surface area contributed by atoms with Crippen molar-refractivity contribution in [3.63, 3.8) is 0 Å². The first-order valence-electron chi connectivity index (χ1n) is 13.0. The quantitative estimate of drug-likeness (QED) is 0.454. The SMILES string of the molecule is CN1CCc2nc(C(=O)NC3CN(C(=O)OC(C)(C)C)CCC3NC(=O)c3cc4cc(F)ccc4[nH]3)sc2C1. The zero-order valence-electron chi connectivity index (χ0n) is 22.5. The van der Waals surface area contributed by atoms with E-state index in [1.165, 1.54) is 23.5 Å². The monoisotopic (exact) mass is 556 g/mol. The van der Waals surface area contributed by atoms with Crippen molar-refractivity contribution in [1.82, 2.24) is 30.4 Å². The Morgan fingerprint density at radius 3 is 2.67 bits per heavy atom. The normalized spacial score (nSPS) is 20.0. The molecule has 0 bridgehead atoms. The van der Waals surface area contributed by atoms with Crippen LogP contribution in [0.1, 0.15) is 58.1 Å². The average Bonchev–Trinajstić information content (AvgIpc) is 3.47. The van der Waals surface area contributed by atoms with Crippen LogP contribution in [0.5, 0.6) is 0 Å². The Morgan fingerprint density at radius 1 is 1.13 bits per heavy atom. The Bertz CT molecular complexity index is 1410. The highest BCUT2D eigenvalue weighted by Crippen LogP contribution is 2.25. The number of benzene rings is 1. The third-order valence-corrected chi connectivity index (χ3v) is 7.92. The van der Waals surface area contributed by atoms with E-state index in [0.29, 0.717) is 28.9 Å². The van der Waals surface area contributed by atoms with Crippen molar-refractivity contribution in [3.05, 3.63) is 51.4 Å². The van der Waals surface area contributed by atoms with Crippen LogP contribution < -0.4 is 10.6 Å². The molecule has 2 aliphatic heterocycles. The predicted molar refractivity (Wildman–Crippen MR) is 145 cm³/mol. The van der Waals surface area contributed by atoms with Gasteiger partial charge in [0.25, 0.3) is 11.8 Å². The van der Waals surface area contributed by atoms with Crippen molar-refractivity contribution in [3.8, 4) is 0 Å². The summed E-state index contributed by atoms with van der Waals surface area (Å²) in [5.41, 5.74) is 1.21. The van der Waals surface area contributed by atoms with Gasteiger partial charge >= 0.3 is 6.09 Å². The van der Waals surface area contributed by atoms with Crippen LogP contribution in [0.4, 0.5) is 9.18 Å². The van der Waals surface area contributed by atoms with E-state index in [-0.39, 0.29) is 29.9 Å². The number of likely N-dealkylation sites (tertiary alicyclic amines) is 1. The number of halogens is 1. The van der Waals surface area contributed by atoms with Gasteiger partial charge < -0.3 is 30.2 Å². The fourth-order valence-electron chi connectivity index (χ4n) is 4.89. The Balaban J connectivity index is 1.33. The standard InChI is InChI=1S/C27H33FN6O4S/c1-27(2,3)38-26(37)34-10-8-18(30-23(35)20-12-15-11-16(28)5-6-17(15)29-20)21(13-34)31-24(36)25-32-19-7-9-33(4)14-22(19)39-25/h5-6,11-12,18,21,29H,7-10,13-14H2,1-4H3,(H,30,35)(H,31,36). The molecule has 0 aliphatic carbocycles. The summed E-state index contributed by atoms with van der Waals surface area (Å²) in [6, 6.07) is 4.82. The lowest BCUT2D eigenvalue weighted by molar-refractivity contribution is 0.0161. The number of nitrogens with zero attached hydrogens (tertiary/aromatic N) is 3. The van der Waals surface area contributed by atoms with E-state index < -0.39 is 23.8 Å². The van der Waals surface area contributed by atoms with Crippen LogP contribution in [-0.2, 0) is 17.7 Å². The lowest BCUT2D eigenvalue weighted by atomic mass is 9.99. The number of thiazole rings is 1. The summed E-state index contributed by atoms with van der Waals surface area (Å²) >= 11 is 1.37. The second kappa shape index (κ2) is 10.6. The molecule has 1 saturated heterocycles. The first-order valence-corrected chi connectivity index (χ1v) is 13.8. The van der Waals surface area contributed by atoms with E-state index in [4.69, 9.17) is 4.74 Å². The van der Waals surface area contributed by atoms with Gasteiger partial charge in [0.1, 0.15) is 17.1 Å². The molecular weight excluding hydrogens is 523 g/mol. The van der Waals surface area contributed by atoms with Gasteiger partial charge in [-0.1, -0.05) is 0 Å². The molecule has 4 heterocycles. The smallest absolute Gasteiger partial charge is 0.410 e. The van der Waals surface area contributed by atoms with Crippen LogP contribution >= 0.6 is 11.3 Å². The minimum Gasteiger partial charge on any atom is -0.444 e. The van der Waals surface area contributed by atoms with Crippen LogP contribution in [0.2, 0.25) is 0 Å². The van der Waals surface area contributed by atoms with E-state index in [0.717, 1.165) is 30.1 Å². The van der Waals surface area contributed by atoms with Crippen LogP contribution in [0.15, 0.2) is 24.3 Å². The maximum absolute atomic E-state index is 13.6. The number of aromatic amines is 1. The lowest BCUT2D eigenvalue weighted by Crippen LogP contribution is -2.61. The summed E-state index contributed by atoms with van der Waals surface area (Å²) in [5.74, 6) is -1.11. The molecule has 0 spiro atoms. The molecule has 0 saturated carbocycles. The molecule has 0 radical (unpaired) electrons. The zero-order chi connectivity index (χ0) is 27.9. The average molecular weight is 557 g/mol. The number of fused-ring (bicyclic) bond motifs is 2. The molecule has 2 aliphatic rings. The maximum Gasteiger partial charge on any atom is 0.410 e. The van der Waals surface area contributed by atoms with Gasteiger partial charge in [-0.2, -0.15) is 0 Å². The van der Waals surface area contributed by atoms with Crippen molar-refractivity contribution in [2.45, 2.75) is 57.8 Å². The molecular formula is C27H33FN6O4S. The Kier molecular flexibility index (Phi) is 7.34. The van der Waals surface area contributed by atoms with Crippen LogP contribution in [-0.4, -0.2) is 82.0 Å². The first-order chi connectivity index (χ1) is 18.4. The van der Waals surface area contributed by atoms with E-state index in [1.54, 1.807) is 37.8 Å². The number of H-pyrrole nitrogens is 1. The molecule has 208 valence electrons. The van der Waals surface area contributed by atoms with Gasteiger partial charge in [-0.05, 0) is 58.5 Å². The molecule has 1 aromatic carbocycles. The number of piperidine rings is 1. The van der Waals surface area contributed by atoms with Crippen molar-refractivity contribution in [2.75, 3.05) is 26.7 Å². The molecule has 2 unspecified atom stereocenters. The van der Waals surface area contributed by atoms with E-state index in [2.05, 4.69) is 25.5 Å². The number of hydrogen-bond donors (Lipinski definition) is 3. The molecule has 3 amide bonds. The molecule has 10 nitrogen and oxygen atoms in total. The minimum atomic E-state index is -0.664. The van der Waals surface area contributed by atoms with Crippen molar-refractivity contribution in [1.29, 1.82) is 0 Å². The maximum atomic E-state index is 13.6. The highest BCUT2D eigenvalue weighted by atomic mass is 32.1. The number of amides is 3. The lowest BCUT2D eigenvalue weighted by Gasteiger charge is -2.39. The highest BCUT2D eigenvalue weighted by Gasteiger charge is 2.36. The van der Waals surface area contributed by atoms with Gasteiger partial charge in [0.2, 0.25) is 0 Å². The van der Waals surface area contributed by atoms with Gasteiger partial charge in [0.15, 0.2) is 5.01 Å². The number of carbonyl (C=O) groups excluding carboxylic acids is 3. The van der Waals surface area contributed by atoms with Gasteiger partial charge in [-0.25, -0.2) is 14.2 Å². The summed E-state index contributed by atoms with van der Waals surface area (Å²) in [5, 5.41) is 6.97. The highest BCUT2D eigenvalue weighted by molar-refractivity contribution is 7.13. The van der Waals surface area contributed by atoms with Gasteiger partial charge in [-0.3, -0.25) is 9.59 Å². The van der Waals surface area contributed by atoms with Crippen molar-refractivity contribution in [2.24, 2.45) is 0 Å². The fourth-order valence-corrected chi connectivity index (χ4v) is 5.98. The van der Waals surface area contributed by atoms with Gasteiger partial charge in [0, 0.05) is 48.4 Å². The van der Waals surface area contributed by atoms with Gasteiger partial charge in [-0.15, -0.1) is 11.3 Å². The number of aromatic nitrogens is 2. The largest absolute Gasteiger partial charge is 0.444 e. The Morgan fingerprint density at radius 2 is 1.90 bits per heavy atom. The number of carbonyl (C=O) groups is 3. The molecule has 3 N–H and O–H groups in total. The van der Waals surface area contributed by atoms with E-state index >= 15 is 0 Å². The first kappa shape index (κ1) is 27.1. The Labute approximate surface area is 229 Å². The summed E-state index contributed by atoms with van der Waals surface area (Å²) in [6.45, 7) is 7.54.